The van der Waals surface area contributed by atoms with Gasteiger partial charge in [0, 0.05) is 19.5 Å². The van der Waals surface area contributed by atoms with Crippen molar-refractivity contribution >= 4 is 30.7 Å². The van der Waals surface area contributed by atoms with E-state index >= 15 is 0 Å². The highest BCUT2D eigenvalue weighted by Gasteiger charge is 2.14. The van der Waals surface area contributed by atoms with Crippen LogP contribution < -0.4 is 15.4 Å². The highest BCUT2D eigenvalue weighted by Crippen LogP contribution is 2.17. The van der Waals surface area contributed by atoms with Crippen LogP contribution in [-0.2, 0) is 11.3 Å². The van der Waals surface area contributed by atoms with Crippen LogP contribution in [-0.4, -0.2) is 50.1 Å². The van der Waals surface area contributed by atoms with Crippen molar-refractivity contribution in [2.45, 2.75) is 45.1 Å². The minimum Gasteiger partial charge on any atom is -0.492 e. The number of halogens is 2. The largest absolute Gasteiger partial charge is 0.492 e. The van der Waals surface area contributed by atoms with Crippen molar-refractivity contribution in [2.24, 2.45) is 5.92 Å². The monoisotopic (exact) mass is 431 g/mol. The van der Waals surface area contributed by atoms with Gasteiger partial charge in [0.15, 0.2) is 0 Å². The van der Waals surface area contributed by atoms with Crippen molar-refractivity contribution in [3.8, 4) is 5.75 Å². The lowest BCUT2D eigenvalue weighted by molar-refractivity contribution is -0.121. The summed E-state index contributed by atoms with van der Waals surface area (Å²) in [5.41, 5.74) is 1.12. The van der Waals surface area contributed by atoms with Gasteiger partial charge in [-0.2, -0.15) is 0 Å². The maximum absolute atomic E-state index is 12.0. The Labute approximate surface area is 181 Å². The fourth-order valence-corrected chi connectivity index (χ4v) is 3.80. The standard InChI is InChI=1S/C21H33N3O2.2ClH/c25-21(8-5-18-9-11-22-12-10-18)23-17-19-3-6-20(7-4-19)26-16-15-24-13-1-2-14-24;;/h3-4,6-7,18,22H,1-2,5,8-17H2,(H,23,25);2*1H. The van der Waals surface area contributed by atoms with E-state index < -0.39 is 0 Å². The molecule has 5 nitrogen and oxygen atoms in total. The van der Waals surface area contributed by atoms with Crippen molar-refractivity contribution in [3.63, 3.8) is 0 Å². The Bertz CT molecular complexity index is 545. The number of benzene rings is 1. The minimum atomic E-state index is 0. The number of piperidine rings is 1. The smallest absolute Gasteiger partial charge is 0.220 e. The number of rotatable bonds is 9. The van der Waals surface area contributed by atoms with Crippen molar-refractivity contribution in [1.29, 1.82) is 0 Å². The quantitative estimate of drug-likeness (QED) is 0.628. The Morgan fingerprint density at radius 2 is 1.79 bits per heavy atom. The second-order valence-electron chi connectivity index (χ2n) is 7.55. The normalized spacial score (nSPS) is 17.4. The summed E-state index contributed by atoms with van der Waals surface area (Å²) in [6.45, 7) is 6.96. The van der Waals surface area contributed by atoms with Gasteiger partial charge in [0.25, 0.3) is 0 Å². The van der Waals surface area contributed by atoms with E-state index in [9.17, 15) is 4.79 Å². The molecule has 2 saturated heterocycles. The molecule has 28 heavy (non-hydrogen) atoms. The Morgan fingerprint density at radius 3 is 2.46 bits per heavy atom. The molecule has 2 aliphatic rings. The zero-order valence-corrected chi connectivity index (χ0v) is 18.3. The fraction of sp³-hybridized carbons (Fsp3) is 0.667. The number of nitrogens with zero attached hydrogens (tertiary/aromatic N) is 1. The van der Waals surface area contributed by atoms with E-state index in [0.29, 0.717) is 18.9 Å². The third-order valence-electron chi connectivity index (χ3n) is 5.53. The molecule has 1 aromatic carbocycles. The van der Waals surface area contributed by atoms with Gasteiger partial charge in [-0.15, -0.1) is 24.8 Å². The molecular formula is C21H35Cl2N3O2. The average molecular weight is 432 g/mol. The Hall–Kier alpha value is -1.01. The third-order valence-corrected chi connectivity index (χ3v) is 5.53. The Morgan fingerprint density at radius 1 is 1.11 bits per heavy atom. The van der Waals surface area contributed by atoms with Gasteiger partial charge in [-0.3, -0.25) is 9.69 Å². The van der Waals surface area contributed by atoms with E-state index in [4.69, 9.17) is 4.74 Å². The number of amides is 1. The molecule has 160 valence electrons. The lowest BCUT2D eigenvalue weighted by Crippen LogP contribution is -2.29. The molecule has 1 aromatic rings. The first-order valence-electron chi connectivity index (χ1n) is 10.2. The molecule has 0 saturated carbocycles. The van der Waals surface area contributed by atoms with Gasteiger partial charge >= 0.3 is 0 Å². The molecule has 7 heteroatoms. The second-order valence-corrected chi connectivity index (χ2v) is 7.55. The van der Waals surface area contributed by atoms with E-state index in [0.717, 1.165) is 44.0 Å². The van der Waals surface area contributed by atoms with Gasteiger partial charge in [-0.05, 0) is 81.9 Å². The first-order valence-corrected chi connectivity index (χ1v) is 10.2. The third kappa shape index (κ3) is 8.99. The maximum atomic E-state index is 12.0. The van der Waals surface area contributed by atoms with Crippen LogP contribution in [0.5, 0.6) is 5.75 Å². The summed E-state index contributed by atoms with van der Waals surface area (Å²) < 4.78 is 5.82. The van der Waals surface area contributed by atoms with E-state index in [1.54, 1.807) is 0 Å². The van der Waals surface area contributed by atoms with Crippen LogP contribution in [0.3, 0.4) is 0 Å². The Balaban J connectivity index is 0.00000196. The summed E-state index contributed by atoms with van der Waals surface area (Å²) in [6.07, 6.45) is 6.69. The van der Waals surface area contributed by atoms with Gasteiger partial charge in [-0.1, -0.05) is 12.1 Å². The van der Waals surface area contributed by atoms with Gasteiger partial charge in [0.05, 0.1) is 0 Å². The summed E-state index contributed by atoms with van der Waals surface area (Å²) in [4.78, 5) is 14.5. The van der Waals surface area contributed by atoms with Gasteiger partial charge in [0.2, 0.25) is 5.91 Å². The van der Waals surface area contributed by atoms with E-state index in [1.807, 2.05) is 24.3 Å². The predicted molar refractivity (Wildman–Crippen MR) is 119 cm³/mol. The lowest BCUT2D eigenvalue weighted by atomic mass is 9.93. The van der Waals surface area contributed by atoms with Gasteiger partial charge in [-0.25, -0.2) is 0 Å². The second kappa shape index (κ2) is 14.0. The summed E-state index contributed by atoms with van der Waals surface area (Å²) in [5.74, 6) is 1.78. The van der Waals surface area contributed by atoms with Gasteiger partial charge in [0.1, 0.15) is 12.4 Å². The van der Waals surface area contributed by atoms with Gasteiger partial charge < -0.3 is 15.4 Å². The van der Waals surface area contributed by atoms with Crippen LogP contribution in [0.15, 0.2) is 24.3 Å². The van der Waals surface area contributed by atoms with Crippen molar-refractivity contribution in [1.82, 2.24) is 15.5 Å². The number of carbonyl (C=O) groups is 1. The molecule has 0 aliphatic carbocycles. The number of carbonyl (C=O) groups excluding carboxylic acids is 1. The molecule has 0 aromatic heterocycles. The van der Waals surface area contributed by atoms with Crippen molar-refractivity contribution in [3.05, 3.63) is 29.8 Å². The average Bonchev–Trinajstić information content (AvgIpc) is 3.20. The molecule has 0 bridgehead atoms. The van der Waals surface area contributed by atoms with Crippen LogP contribution in [0.1, 0.15) is 44.1 Å². The van der Waals surface area contributed by atoms with Crippen LogP contribution in [0.2, 0.25) is 0 Å². The fourth-order valence-electron chi connectivity index (χ4n) is 3.80. The predicted octanol–water partition coefficient (Wildman–Crippen LogP) is 3.40. The van der Waals surface area contributed by atoms with E-state index in [1.165, 1.54) is 38.8 Å². The highest BCUT2D eigenvalue weighted by molar-refractivity contribution is 5.85. The molecule has 0 spiro atoms. The summed E-state index contributed by atoms with van der Waals surface area (Å²) >= 11 is 0. The summed E-state index contributed by atoms with van der Waals surface area (Å²) in [6, 6.07) is 8.08. The molecule has 2 fully saturated rings. The Kier molecular flexibility index (Phi) is 12.6. The molecule has 1 amide bonds. The highest BCUT2D eigenvalue weighted by atomic mass is 35.5. The zero-order chi connectivity index (χ0) is 18.0. The van der Waals surface area contributed by atoms with Crippen LogP contribution in [0.4, 0.5) is 0 Å². The minimum absolute atomic E-state index is 0. The summed E-state index contributed by atoms with van der Waals surface area (Å²) in [7, 11) is 0. The SMILES string of the molecule is Cl.Cl.O=C(CCC1CCNCC1)NCc1ccc(OCCN2CCCC2)cc1. The topological polar surface area (TPSA) is 53.6 Å². The lowest BCUT2D eigenvalue weighted by Gasteiger charge is -2.22. The molecule has 3 rings (SSSR count). The number of hydrogen-bond acceptors (Lipinski definition) is 4. The first-order chi connectivity index (χ1) is 12.8. The van der Waals surface area contributed by atoms with Crippen molar-refractivity contribution < 1.29 is 9.53 Å². The molecule has 0 atom stereocenters. The molecule has 2 heterocycles. The number of hydrogen-bond donors (Lipinski definition) is 2. The molecular weight excluding hydrogens is 397 g/mol. The van der Waals surface area contributed by atoms with Crippen LogP contribution in [0, 0.1) is 5.92 Å². The number of nitrogens with one attached hydrogen (secondary N) is 2. The molecule has 0 unspecified atom stereocenters. The van der Waals surface area contributed by atoms with Crippen molar-refractivity contribution in [2.75, 3.05) is 39.3 Å². The van der Waals surface area contributed by atoms with Crippen LogP contribution >= 0.6 is 24.8 Å². The maximum Gasteiger partial charge on any atom is 0.220 e. The molecule has 2 aliphatic heterocycles. The van der Waals surface area contributed by atoms with E-state index in [2.05, 4.69) is 15.5 Å². The summed E-state index contributed by atoms with van der Waals surface area (Å²) in [5, 5.41) is 6.40. The van der Waals surface area contributed by atoms with Crippen LogP contribution in [0.25, 0.3) is 0 Å². The zero-order valence-electron chi connectivity index (χ0n) is 16.7. The first kappa shape index (κ1) is 25.0. The number of ether oxygens (including phenoxy) is 1. The molecule has 0 radical (unpaired) electrons. The van der Waals surface area contributed by atoms with E-state index in [-0.39, 0.29) is 30.7 Å². The number of likely N-dealkylation sites (tertiary alicyclic amines) is 1. The molecule has 2 N–H and O–H groups in total.